The summed E-state index contributed by atoms with van der Waals surface area (Å²) in [5.41, 5.74) is 1.43. The zero-order chi connectivity index (χ0) is 13.8. The van der Waals surface area contributed by atoms with Crippen LogP contribution in [0.1, 0.15) is 12.0 Å². The Labute approximate surface area is 130 Å². The van der Waals surface area contributed by atoms with E-state index >= 15 is 0 Å². The first-order chi connectivity index (χ1) is 9.86. The van der Waals surface area contributed by atoms with Crippen LogP contribution >= 0.6 is 0 Å². The molecule has 3 rings (SSSR count). The van der Waals surface area contributed by atoms with E-state index in [0.717, 1.165) is 12.6 Å². The molecule has 1 aromatic carbocycles. The van der Waals surface area contributed by atoms with E-state index in [0.29, 0.717) is 6.04 Å². The van der Waals surface area contributed by atoms with E-state index in [4.69, 9.17) is 0 Å². The number of hydrogen-bond acceptors (Lipinski definition) is 2. The topological polar surface area (TPSA) is 6.48 Å². The summed E-state index contributed by atoms with van der Waals surface area (Å²) in [5.74, 6) is 0. The monoisotopic (exact) mass is 303 g/mol. The fourth-order valence-electron chi connectivity index (χ4n) is 3.25. The van der Waals surface area contributed by atoms with Crippen LogP contribution in [0.15, 0.2) is 54.8 Å². The van der Waals surface area contributed by atoms with Crippen molar-refractivity contribution in [1.82, 2.24) is 9.80 Å². The second-order valence-corrected chi connectivity index (χ2v) is 6.00. The molecule has 0 N–H and O–H groups in total. The van der Waals surface area contributed by atoms with E-state index in [9.17, 15) is 0 Å². The first kappa shape index (κ1) is 13.9. The Kier molecular flexibility index (Phi) is 4.56. The maximum absolute atomic E-state index is 2.64. The third kappa shape index (κ3) is 3.14. The predicted octanol–water partition coefficient (Wildman–Crippen LogP) is 2.36. The smallest absolute Gasteiger partial charge is 0.0622 e. The van der Waals surface area contributed by atoms with E-state index in [2.05, 4.69) is 75.5 Å². The molecule has 0 aromatic heterocycles. The standard InChI is InChI=1S/C17H20N2.V/c1-2-3-7-10-18-13-17-11-16(18)14-19(17)12-15-8-5-4-6-9-15;/h1-10,16-17H,11-14H2;/b3-2-,10-7?;. The molecule has 0 radical (unpaired) electrons. The molecule has 2 fully saturated rings. The number of likely N-dealkylation sites (tertiary alicyclic amines) is 2. The molecule has 0 amide bonds. The summed E-state index contributed by atoms with van der Waals surface area (Å²) in [6.45, 7) is 3.47. The summed E-state index contributed by atoms with van der Waals surface area (Å²) in [6.07, 6.45) is 9.85. The SMILES string of the molecule is [V]=[CH]/C=C\C=CN1CC2CC1CN2Cc1ccccc1. The van der Waals surface area contributed by atoms with Crippen LogP contribution in [0, 0.1) is 0 Å². The van der Waals surface area contributed by atoms with Gasteiger partial charge in [0.15, 0.2) is 0 Å². The van der Waals surface area contributed by atoms with Gasteiger partial charge in [0.05, 0.1) is 0 Å². The first-order valence-electron chi connectivity index (χ1n) is 7.21. The molecular formula is C17H20N2V. The average molecular weight is 303 g/mol. The van der Waals surface area contributed by atoms with Crippen LogP contribution in [-0.4, -0.2) is 39.7 Å². The average Bonchev–Trinajstić information content (AvgIpc) is 3.04. The van der Waals surface area contributed by atoms with Crippen molar-refractivity contribution < 1.29 is 17.0 Å². The van der Waals surface area contributed by atoms with Crippen molar-refractivity contribution in [1.29, 1.82) is 0 Å². The van der Waals surface area contributed by atoms with Crippen molar-refractivity contribution in [3.8, 4) is 0 Å². The Bertz CT molecular complexity index is 509. The molecule has 2 nitrogen and oxygen atoms in total. The van der Waals surface area contributed by atoms with E-state index in [-0.39, 0.29) is 0 Å². The number of hydrogen-bond donors (Lipinski definition) is 0. The zero-order valence-corrected chi connectivity index (χ0v) is 13.0. The van der Waals surface area contributed by atoms with Gasteiger partial charge in [-0.1, -0.05) is 18.2 Å². The van der Waals surface area contributed by atoms with Crippen molar-refractivity contribution in [3.63, 3.8) is 0 Å². The summed E-state index contributed by atoms with van der Waals surface area (Å²) >= 11 is 2.45. The zero-order valence-electron chi connectivity index (χ0n) is 11.6. The fourth-order valence-corrected chi connectivity index (χ4v) is 3.40. The minimum atomic E-state index is 0.703. The molecule has 1 aromatic rings. The Morgan fingerprint density at radius 3 is 2.60 bits per heavy atom. The van der Waals surface area contributed by atoms with Gasteiger partial charge in [0.2, 0.25) is 0 Å². The van der Waals surface area contributed by atoms with Crippen LogP contribution in [0.5, 0.6) is 0 Å². The molecule has 2 aliphatic heterocycles. The second-order valence-electron chi connectivity index (χ2n) is 5.53. The second kappa shape index (κ2) is 6.58. The summed E-state index contributed by atoms with van der Waals surface area (Å²) in [7, 11) is 0. The van der Waals surface area contributed by atoms with Crippen LogP contribution < -0.4 is 0 Å². The minimum Gasteiger partial charge on any atom is -0.0622 e. The van der Waals surface area contributed by atoms with E-state index in [1.165, 1.54) is 25.1 Å². The molecule has 0 spiro atoms. The summed E-state index contributed by atoms with van der Waals surface area (Å²) in [4.78, 5) is 5.14. The molecule has 2 aliphatic rings. The number of piperazine rings is 1. The molecule has 2 bridgehead atoms. The number of rotatable bonds is 5. The third-order valence-electron chi connectivity index (χ3n) is 4.21. The van der Waals surface area contributed by atoms with Gasteiger partial charge in [0.1, 0.15) is 0 Å². The van der Waals surface area contributed by atoms with Crippen LogP contribution in [0.2, 0.25) is 0 Å². The molecule has 0 aliphatic carbocycles. The van der Waals surface area contributed by atoms with E-state index in [1.807, 2.05) is 10.8 Å². The molecule has 20 heavy (non-hydrogen) atoms. The van der Waals surface area contributed by atoms with Crippen molar-refractivity contribution >= 4 is 4.73 Å². The quantitative estimate of drug-likeness (QED) is 0.771. The third-order valence-corrected chi connectivity index (χ3v) is 4.48. The van der Waals surface area contributed by atoms with Crippen molar-refractivity contribution in [3.05, 3.63) is 60.3 Å². The van der Waals surface area contributed by atoms with E-state index < -0.39 is 0 Å². The molecule has 2 unspecified atom stereocenters. The van der Waals surface area contributed by atoms with Gasteiger partial charge in [-0.2, -0.15) is 0 Å². The van der Waals surface area contributed by atoms with Gasteiger partial charge in [-0.3, -0.25) is 0 Å². The number of nitrogens with zero attached hydrogens (tertiary/aromatic N) is 2. The normalized spacial score (nSPS) is 26.1. The molecule has 103 valence electrons. The number of allylic oxidation sites excluding steroid dienone is 3. The van der Waals surface area contributed by atoms with Gasteiger partial charge >= 0.3 is 112 Å². The van der Waals surface area contributed by atoms with Gasteiger partial charge in [0.25, 0.3) is 0 Å². The molecule has 3 heteroatoms. The van der Waals surface area contributed by atoms with Crippen molar-refractivity contribution in [2.24, 2.45) is 0 Å². The molecule has 2 heterocycles. The van der Waals surface area contributed by atoms with E-state index in [1.54, 1.807) is 0 Å². The predicted molar refractivity (Wildman–Crippen MR) is 80.1 cm³/mol. The van der Waals surface area contributed by atoms with Crippen LogP contribution in [0.4, 0.5) is 0 Å². The van der Waals surface area contributed by atoms with Gasteiger partial charge in [-0.15, -0.1) is 0 Å². The number of fused-ring (bicyclic) bond motifs is 2. The Morgan fingerprint density at radius 1 is 1.05 bits per heavy atom. The molecule has 0 saturated carbocycles. The molecule has 2 saturated heterocycles. The van der Waals surface area contributed by atoms with Crippen molar-refractivity contribution in [2.75, 3.05) is 13.1 Å². The van der Waals surface area contributed by atoms with Crippen LogP contribution in [0.25, 0.3) is 0 Å². The van der Waals surface area contributed by atoms with Gasteiger partial charge < -0.3 is 0 Å². The summed E-state index contributed by atoms with van der Waals surface area (Å²) in [5, 5.41) is 0. The Hall–Kier alpha value is -1.09. The van der Waals surface area contributed by atoms with Gasteiger partial charge in [-0.25, -0.2) is 0 Å². The Balaban J connectivity index is 1.55. The first-order valence-corrected chi connectivity index (χ1v) is 8.02. The summed E-state index contributed by atoms with van der Waals surface area (Å²) < 4.78 is 2.00. The summed E-state index contributed by atoms with van der Waals surface area (Å²) in [6, 6.07) is 12.2. The van der Waals surface area contributed by atoms with Crippen LogP contribution in [0.3, 0.4) is 0 Å². The minimum absolute atomic E-state index is 0.703. The molecule has 2 atom stereocenters. The van der Waals surface area contributed by atoms with Gasteiger partial charge in [0, 0.05) is 0 Å². The number of benzene rings is 1. The fraction of sp³-hybridized carbons (Fsp3) is 0.353. The van der Waals surface area contributed by atoms with Crippen molar-refractivity contribution in [2.45, 2.75) is 25.0 Å². The maximum atomic E-state index is 2.64. The van der Waals surface area contributed by atoms with Crippen LogP contribution in [-0.2, 0) is 23.5 Å². The van der Waals surface area contributed by atoms with Gasteiger partial charge in [-0.05, 0) is 0 Å². The molecular weight excluding hydrogens is 283 g/mol. The Morgan fingerprint density at radius 2 is 1.90 bits per heavy atom.